The number of hydrogen-bond acceptors (Lipinski definition) is 2. The van der Waals surface area contributed by atoms with Crippen molar-refractivity contribution in [2.75, 3.05) is 0 Å². The molecule has 0 aliphatic rings. The van der Waals surface area contributed by atoms with E-state index >= 15 is 0 Å². The molecule has 2 heteroatoms. The molecule has 0 amide bonds. The van der Waals surface area contributed by atoms with Crippen LogP contribution in [0.4, 0.5) is 0 Å². The lowest BCUT2D eigenvalue weighted by molar-refractivity contribution is 0.192. The second-order valence-corrected chi connectivity index (χ2v) is 3.44. The van der Waals surface area contributed by atoms with E-state index in [0.29, 0.717) is 6.10 Å². The normalized spacial score (nSPS) is 10.6. The molecule has 0 unspecified atom stereocenters. The molecule has 1 heterocycles. The number of aromatic nitrogens is 1. The highest BCUT2D eigenvalue weighted by atomic mass is 16.5. The minimum Gasteiger partial charge on any atom is -0.489 e. The molecule has 78 valence electrons. The maximum Gasteiger partial charge on any atom is 0.138 e. The Morgan fingerprint density at radius 2 is 1.93 bits per heavy atom. The van der Waals surface area contributed by atoms with Crippen LogP contribution < -0.4 is 4.74 Å². The Bertz CT molecular complexity index is 269. The maximum absolute atomic E-state index is 5.79. The molecule has 1 aromatic heterocycles. The SMILES string of the molecule is CCc1cncc(OC(CC)CC)c1. The van der Waals surface area contributed by atoms with Gasteiger partial charge in [-0.1, -0.05) is 20.8 Å². The molecular weight excluding hydrogens is 174 g/mol. The van der Waals surface area contributed by atoms with E-state index in [1.54, 1.807) is 6.20 Å². The first-order valence-corrected chi connectivity index (χ1v) is 5.40. The van der Waals surface area contributed by atoms with Crippen LogP contribution in [0.5, 0.6) is 5.75 Å². The maximum atomic E-state index is 5.79. The largest absolute Gasteiger partial charge is 0.489 e. The molecule has 2 nitrogen and oxygen atoms in total. The zero-order valence-corrected chi connectivity index (χ0v) is 9.29. The van der Waals surface area contributed by atoms with Crippen LogP contribution in [0, 0.1) is 0 Å². The summed E-state index contributed by atoms with van der Waals surface area (Å²) < 4.78 is 5.79. The first-order chi connectivity index (χ1) is 6.80. The van der Waals surface area contributed by atoms with Gasteiger partial charge >= 0.3 is 0 Å². The average molecular weight is 193 g/mol. The Balaban J connectivity index is 2.65. The fourth-order valence-corrected chi connectivity index (χ4v) is 1.37. The van der Waals surface area contributed by atoms with E-state index in [0.717, 1.165) is 25.0 Å². The molecule has 0 N–H and O–H groups in total. The summed E-state index contributed by atoms with van der Waals surface area (Å²) in [6.45, 7) is 6.41. The van der Waals surface area contributed by atoms with Crippen LogP contribution in [-0.2, 0) is 6.42 Å². The molecule has 0 spiro atoms. The summed E-state index contributed by atoms with van der Waals surface area (Å²) in [4.78, 5) is 4.15. The van der Waals surface area contributed by atoms with Crippen LogP contribution in [0.15, 0.2) is 18.5 Å². The van der Waals surface area contributed by atoms with Crippen LogP contribution in [0.25, 0.3) is 0 Å². The van der Waals surface area contributed by atoms with E-state index in [2.05, 4.69) is 31.8 Å². The number of hydrogen-bond donors (Lipinski definition) is 0. The van der Waals surface area contributed by atoms with Crippen molar-refractivity contribution in [3.8, 4) is 5.75 Å². The highest BCUT2D eigenvalue weighted by Crippen LogP contribution is 2.15. The van der Waals surface area contributed by atoms with E-state index in [1.807, 2.05) is 6.20 Å². The van der Waals surface area contributed by atoms with Crippen molar-refractivity contribution in [1.29, 1.82) is 0 Å². The van der Waals surface area contributed by atoms with Gasteiger partial charge in [0.15, 0.2) is 0 Å². The quantitative estimate of drug-likeness (QED) is 0.716. The Morgan fingerprint density at radius 1 is 1.21 bits per heavy atom. The summed E-state index contributed by atoms with van der Waals surface area (Å²) in [5.41, 5.74) is 1.23. The predicted octanol–water partition coefficient (Wildman–Crippen LogP) is 3.21. The third kappa shape index (κ3) is 3.02. The highest BCUT2D eigenvalue weighted by molar-refractivity contribution is 5.23. The third-order valence-corrected chi connectivity index (χ3v) is 2.39. The molecule has 14 heavy (non-hydrogen) atoms. The molecule has 0 bridgehead atoms. The van der Waals surface area contributed by atoms with Gasteiger partial charge in [0, 0.05) is 6.20 Å². The predicted molar refractivity (Wildman–Crippen MR) is 58.6 cm³/mol. The van der Waals surface area contributed by atoms with Crippen LogP contribution in [0.3, 0.4) is 0 Å². The first-order valence-electron chi connectivity index (χ1n) is 5.40. The van der Waals surface area contributed by atoms with Gasteiger partial charge in [-0.05, 0) is 30.9 Å². The van der Waals surface area contributed by atoms with Gasteiger partial charge in [-0.3, -0.25) is 4.98 Å². The van der Waals surface area contributed by atoms with E-state index < -0.39 is 0 Å². The smallest absolute Gasteiger partial charge is 0.138 e. The monoisotopic (exact) mass is 193 g/mol. The lowest BCUT2D eigenvalue weighted by Crippen LogP contribution is -2.13. The summed E-state index contributed by atoms with van der Waals surface area (Å²) in [6, 6.07) is 2.07. The van der Waals surface area contributed by atoms with Gasteiger partial charge in [0.1, 0.15) is 5.75 Å². The first kappa shape index (κ1) is 11.0. The fraction of sp³-hybridized carbons (Fsp3) is 0.583. The van der Waals surface area contributed by atoms with Crippen molar-refractivity contribution in [3.63, 3.8) is 0 Å². The molecule has 0 atom stereocenters. The molecule has 1 rings (SSSR count). The molecule has 0 saturated heterocycles. The Labute approximate surface area is 86.3 Å². The fourth-order valence-electron chi connectivity index (χ4n) is 1.37. The lowest BCUT2D eigenvalue weighted by Gasteiger charge is -2.15. The van der Waals surface area contributed by atoms with Crippen LogP contribution >= 0.6 is 0 Å². The Morgan fingerprint density at radius 3 is 2.50 bits per heavy atom. The van der Waals surface area contributed by atoms with E-state index in [4.69, 9.17) is 4.74 Å². The minimum atomic E-state index is 0.323. The number of rotatable bonds is 5. The van der Waals surface area contributed by atoms with Crippen LogP contribution in [0.2, 0.25) is 0 Å². The number of nitrogens with zero attached hydrogens (tertiary/aromatic N) is 1. The molecule has 0 fully saturated rings. The topological polar surface area (TPSA) is 22.1 Å². The molecule has 0 aliphatic heterocycles. The Kier molecular flexibility index (Phi) is 4.44. The molecule has 1 aromatic rings. The Hall–Kier alpha value is -1.05. The summed E-state index contributed by atoms with van der Waals surface area (Å²) in [6.07, 6.45) is 7.10. The van der Waals surface area contributed by atoms with Gasteiger partial charge < -0.3 is 4.74 Å². The van der Waals surface area contributed by atoms with Gasteiger partial charge in [0.05, 0.1) is 12.3 Å². The zero-order chi connectivity index (χ0) is 10.4. The van der Waals surface area contributed by atoms with Gasteiger partial charge in [-0.15, -0.1) is 0 Å². The second kappa shape index (κ2) is 5.63. The van der Waals surface area contributed by atoms with Crippen molar-refractivity contribution in [2.45, 2.75) is 46.1 Å². The van der Waals surface area contributed by atoms with E-state index in [1.165, 1.54) is 5.56 Å². The van der Waals surface area contributed by atoms with Gasteiger partial charge in [-0.2, -0.15) is 0 Å². The summed E-state index contributed by atoms with van der Waals surface area (Å²) in [5, 5.41) is 0. The third-order valence-electron chi connectivity index (χ3n) is 2.39. The number of aryl methyl sites for hydroxylation is 1. The molecule has 0 saturated carbocycles. The van der Waals surface area contributed by atoms with Crippen LogP contribution in [-0.4, -0.2) is 11.1 Å². The standard InChI is InChI=1S/C12H19NO/c1-4-10-7-12(9-13-8-10)14-11(5-2)6-3/h7-9,11H,4-6H2,1-3H3. The van der Waals surface area contributed by atoms with Crippen molar-refractivity contribution in [1.82, 2.24) is 4.98 Å². The van der Waals surface area contributed by atoms with Gasteiger partial charge in [0.25, 0.3) is 0 Å². The van der Waals surface area contributed by atoms with Crippen molar-refractivity contribution >= 4 is 0 Å². The van der Waals surface area contributed by atoms with Crippen molar-refractivity contribution < 1.29 is 4.74 Å². The molecular formula is C12H19NO. The zero-order valence-electron chi connectivity index (χ0n) is 9.29. The van der Waals surface area contributed by atoms with Gasteiger partial charge in [-0.25, -0.2) is 0 Å². The molecule has 0 aromatic carbocycles. The minimum absolute atomic E-state index is 0.323. The number of ether oxygens (including phenoxy) is 1. The van der Waals surface area contributed by atoms with E-state index in [9.17, 15) is 0 Å². The van der Waals surface area contributed by atoms with Crippen LogP contribution in [0.1, 0.15) is 39.2 Å². The van der Waals surface area contributed by atoms with Crippen molar-refractivity contribution in [2.24, 2.45) is 0 Å². The molecule has 0 radical (unpaired) electrons. The van der Waals surface area contributed by atoms with Gasteiger partial charge in [0.2, 0.25) is 0 Å². The average Bonchev–Trinajstić information content (AvgIpc) is 2.26. The van der Waals surface area contributed by atoms with E-state index in [-0.39, 0.29) is 0 Å². The molecule has 0 aliphatic carbocycles. The van der Waals surface area contributed by atoms with Crippen molar-refractivity contribution in [3.05, 3.63) is 24.0 Å². The number of pyridine rings is 1. The lowest BCUT2D eigenvalue weighted by atomic mass is 10.2. The summed E-state index contributed by atoms with van der Waals surface area (Å²) in [7, 11) is 0. The highest BCUT2D eigenvalue weighted by Gasteiger charge is 2.05. The summed E-state index contributed by atoms with van der Waals surface area (Å²) >= 11 is 0. The summed E-state index contributed by atoms with van der Waals surface area (Å²) in [5.74, 6) is 0.901. The second-order valence-electron chi connectivity index (χ2n) is 3.44.